The van der Waals surface area contributed by atoms with E-state index in [2.05, 4.69) is 15.9 Å². The third kappa shape index (κ3) is 2.72. The normalized spacial score (nSPS) is 10.0. The van der Waals surface area contributed by atoms with Crippen molar-refractivity contribution in [2.75, 3.05) is 0 Å². The number of halogens is 2. The average molecular weight is 278 g/mol. The van der Waals surface area contributed by atoms with E-state index in [9.17, 15) is 19.3 Å². The van der Waals surface area contributed by atoms with Crippen LogP contribution in [-0.2, 0) is 11.2 Å². The van der Waals surface area contributed by atoms with Crippen LogP contribution in [0.2, 0.25) is 0 Å². The molecule has 0 radical (unpaired) electrons. The van der Waals surface area contributed by atoms with E-state index in [4.69, 9.17) is 5.11 Å². The fraction of sp³-hybridized carbons (Fsp3) is 0.125. The highest BCUT2D eigenvalue weighted by atomic mass is 79.9. The molecule has 1 N–H and O–H groups in total. The van der Waals surface area contributed by atoms with Crippen molar-refractivity contribution in [2.24, 2.45) is 0 Å². The van der Waals surface area contributed by atoms with E-state index in [1.54, 1.807) is 0 Å². The summed E-state index contributed by atoms with van der Waals surface area (Å²) in [7, 11) is 0. The van der Waals surface area contributed by atoms with Crippen LogP contribution in [0, 0.1) is 15.9 Å². The van der Waals surface area contributed by atoms with Crippen LogP contribution in [0.4, 0.5) is 10.1 Å². The molecule has 80 valence electrons. The molecule has 0 fully saturated rings. The van der Waals surface area contributed by atoms with Gasteiger partial charge in [0.15, 0.2) is 0 Å². The molecule has 0 saturated carbocycles. The summed E-state index contributed by atoms with van der Waals surface area (Å²) in [4.78, 5) is 20.0. The molecule has 0 amide bonds. The molecule has 0 heterocycles. The van der Waals surface area contributed by atoms with E-state index in [1.807, 2.05) is 0 Å². The Morgan fingerprint density at radius 1 is 1.60 bits per heavy atom. The number of carboxylic acid groups (broad SMARTS) is 1. The number of hydrogen-bond acceptors (Lipinski definition) is 3. The summed E-state index contributed by atoms with van der Waals surface area (Å²) in [5, 5.41) is 18.9. The minimum atomic E-state index is -1.18. The molecule has 0 bridgehead atoms. The van der Waals surface area contributed by atoms with E-state index in [0.29, 0.717) is 0 Å². The number of aliphatic carboxylic acids is 1. The largest absolute Gasteiger partial charge is 0.481 e. The van der Waals surface area contributed by atoms with E-state index in [1.165, 1.54) is 0 Å². The lowest BCUT2D eigenvalue weighted by Crippen LogP contribution is -2.03. The molecule has 1 aromatic carbocycles. The van der Waals surface area contributed by atoms with E-state index in [0.717, 1.165) is 12.1 Å². The Bertz CT molecular complexity index is 435. The molecular formula is C8H5BrFNO4. The van der Waals surface area contributed by atoms with E-state index in [-0.39, 0.29) is 10.0 Å². The van der Waals surface area contributed by atoms with Gasteiger partial charge in [0.1, 0.15) is 5.82 Å². The summed E-state index contributed by atoms with van der Waals surface area (Å²) < 4.78 is 13.0. The van der Waals surface area contributed by atoms with Crippen molar-refractivity contribution in [3.8, 4) is 0 Å². The van der Waals surface area contributed by atoms with E-state index >= 15 is 0 Å². The second-order valence-corrected chi connectivity index (χ2v) is 3.52. The SMILES string of the molecule is O=C(O)Cc1cc([N+](=O)[O-])cc(F)c1Br. The number of non-ortho nitro benzene ring substituents is 1. The number of carboxylic acids is 1. The zero-order chi connectivity index (χ0) is 11.6. The topological polar surface area (TPSA) is 80.4 Å². The van der Waals surface area contributed by atoms with Crippen LogP contribution in [0.3, 0.4) is 0 Å². The first-order chi connectivity index (χ1) is 6.91. The zero-order valence-corrected chi connectivity index (χ0v) is 8.82. The molecule has 0 saturated heterocycles. The standard InChI is InChI=1S/C8H5BrFNO4/c9-8-4(2-7(12)13)1-5(11(14)15)3-6(8)10/h1,3H,2H2,(H,12,13). The van der Waals surface area contributed by atoms with Gasteiger partial charge in [0.25, 0.3) is 5.69 Å². The van der Waals surface area contributed by atoms with Crippen LogP contribution in [0.1, 0.15) is 5.56 Å². The smallest absolute Gasteiger partial charge is 0.307 e. The first-order valence-corrected chi connectivity index (χ1v) is 4.55. The highest BCUT2D eigenvalue weighted by Crippen LogP contribution is 2.26. The number of nitrogens with zero attached hydrogens (tertiary/aromatic N) is 1. The predicted molar refractivity (Wildman–Crippen MR) is 52.1 cm³/mol. The van der Waals surface area contributed by atoms with Crippen molar-refractivity contribution in [2.45, 2.75) is 6.42 Å². The van der Waals surface area contributed by atoms with Crippen molar-refractivity contribution in [3.05, 3.63) is 38.1 Å². The Kier molecular flexibility index (Phi) is 3.35. The van der Waals surface area contributed by atoms with Gasteiger partial charge in [-0.25, -0.2) is 4.39 Å². The van der Waals surface area contributed by atoms with Crippen LogP contribution >= 0.6 is 15.9 Å². The van der Waals surface area contributed by atoms with Crippen molar-refractivity contribution in [1.82, 2.24) is 0 Å². The molecule has 0 aromatic heterocycles. The lowest BCUT2D eigenvalue weighted by atomic mass is 10.1. The van der Waals surface area contributed by atoms with Gasteiger partial charge in [-0.2, -0.15) is 0 Å². The van der Waals surface area contributed by atoms with Gasteiger partial charge in [-0.15, -0.1) is 0 Å². The predicted octanol–water partition coefficient (Wildman–Crippen LogP) is 2.12. The minimum Gasteiger partial charge on any atom is -0.481 e. The number of nitro benzene ring substituents is 1. The molecule has 0 unspecified atom stereocenters. The molecule has 15 heavy (non-hydrogen) atoms. The lowest BCUT2D eigenvalue weighted by molar-refractivity contribution is -0.385. The Morgan fingerprint density at radius 3 is 2.67 bits per heavy atom. The molecule has 0 atom stereocenters. The van der Waals surface area contributed by atoms with Gasteiger partial charge in [0.2, 0.25) is 0 Å². The fourth-order valence-electron chi connectivity index (χ4n) is 1.03. The summed E-state index contributed by atoms with van der Waals surface area (Å²) >= 11 is 2.83. The maximum atomic E-state index is 13.1. The number of benzene rings is 1. The van der Waals surface area contributed by atoms with Gasteiger partial charge in [-0.05, 0) is 21.5 Å². The van der Waals surface area contributed by atoms with Crippen LogP contribution < -0.4 is 0 Å². The van der Waals surface area contributed by atoms with E-state index < -0.39 is 28.8 Å². The molecule has 0 aliphatic carbocycles. The fourth-order valence-corrected chi connectivity index (χ4v) is 1.40. The van der Waals surface area contributed by atoms with Crippen LogP contribution in [0.25, 0.3) is 0 Å². The quantitative estimate of drug-likeness (QED) is 0.678. The molecule has 0 spiro atoms. The van der Waals surface area contributed by atoms with Crippen LogP contribution in [0.15, 0.2) is 16.6 Å². The molecule has 7 heteroatoms. The molecule has 1 aromatic rings. The summed E-state index contributed by atoms with van der Waals surface area (Å²) in [6.45, 7) is 0. The first-order valence-electron chi connectivity index (χ1n) is 3.76. The molecule has 5 nitrogen and oxygen atoms in total. The highest BCUT2D eigenvalue weighted by molar-refractivity contribution is 9.10. The Labute approximate surface area is 91.8 Å². The van der Waals surface area contributed by atoms with Gasteiger partial charge >= 0.3 is 5.97 Å². The average Bonchev–Trinajstić information content (AvgIpc) is 2.11. The maximum absolute atomic E-state index is 13.1. The molecule has 1 rings (SSSR count). The van der Waals surface area contributed by atoms with Gasteiger partial charge in [-0.3, -0.25) is 14.9 Å². The molecular weight excluding hydrogens is 273 g/mol. The number of carbonyl (C=O) groups is 1. The number of hydrogen-bond donors (Lipinski definition) is 1. The lowest BCUT2D eigenvalue weighted by Gasteiger charge is -2.02. The van der Waals surface area contributed by atoms with Gasteiger partial charge in [0, 0.05) is 6.07 Å². The van der Waals surface area contributed by atoms with Crippen molar-refractivity contribution in [3.63, 3.8) is 0 Å². The summed E-state index contributed by atoms with van der Waals surface area (Å²) in [6.07, 6.45) is -0.473. The monoisotopic (exact) mass is 277 g/mol. The van der Waals surface area contributed by atoms with Crippen molar-refractivity contribution < 1.29 is 19.2 Å². The highest BCUT2D eigenvalue weighted by Gasteiger charge is 2.16. The van der Waals surface area contributed by atoms with Crippen molar-refractivity contribution in [1.29, 1.82) is 0 Å². The van der Waals surface area contributed by atoms with Crippen molar-refractivity contribution >= 4 is 27.6 Å². The zero-order valence-electron chi connectivity index (χ0n) is 7.24. The summed E-state index contributed by atoms with van der Waals surface area (Å²) in [5.74, 6) is -2.03. The third-order valence-corrected chi connectivity index (χ3v) is 2.53. The third-order valence-electron chi connectivity index (χ3n) is 1.64. The minimum absolute atomic E-state index is 0.0363. The maximum Gasteiger partial charge on any atom is 0.307 e. The first kappa shape index (κ1) is 11.6. The van der Waals surface area contributed by atoms with Gasteiger partial charge in [-0.1, -0.05) is 0 Å². The Balaban J connectivity index is 3.24. The Morgan fingerprint density at radius 2 is 2.20 bits per heavy atom. The Hall–Kier alpha value is -1.50. The second-order valence-electron chi connectivity index (χ2n) is 2.73. The van der Waals surface area contributed by atoms with Gasteiger partial charge in [0.05, 0.1) is 21.9 Å². The van der Waals surface area contributed by atoms with Crippen LogP contribution in [-0.4, -0.2) is 16.0 Å². The van der Waals surface area contributed by atoms with Gasteiger partial charge < -0.3 is 5.11 Å². The number of rotatable bonds is 3. The summed E-state index contributed by atoms with van der Waals surface area (Å²) in [5.41, 5.74) is -0.429. The summed E-state index contributed by atoms with van der Waals surface area (Å²) in [6, 6.07) is 1.76. The molecule has 0 aliphatic rings. The molecule has 0 aliphatic heterocycles. The van der Waals surface area contributed by atoms with Crippen LogP contribution in [0.5, 0.6) is 0 Å². The number of nitro groups is 1. The second kappa shape index (κ2) is 4.35.